The van der Waals surface area contributed by atoms with Gasteiger partial charge in [0.2, 0.25) is 5.41 Å². The van der Waals surface area contributed by atoms with Crippen LogP contribution in [0, 0.1) is 0 Å². The van der Waals surface area contributed by atoms with Crippen LogP contribution in [-0.2, 0) is 14.3 Å². The van der Waals surface area contributed by atoms with Gasteiger partial charge in [-0.15, -0.1) is 0 Å². The third-order valence-corrected chi connectivity index (χ3v) is 3.08. The molecule has 1 aliphatic rings. The summed E-state index contributed by atoms with van der Waals surface area (Å²) in [5.74, 6) is -0.605. The van der Waals surface area contributed by atoms with E-state index in [0.29, 0.717) is 13.0 Å². The predicted octanol–water partition coefficient (Wildman–Crippen LogP) is 0.623. The van der Waals surface area contributed by atoms with E-state index in [1.807, 2.05) is 0 Å². The Morgan fingerprint density at radius 2 is 2.46 bits per heavy atom. The van der Waals surface area contributed by atoms with Crippen LogP contribution in [0.4, 0.5) is 4.11 Å². The van der Waals surface area contributed by atoms with E-state index in [9.17, 15) is 8.90 Å². The Kier molecular flexibility index (Phi) is 3.62. The number of carbonyl (C=O) groups is 1. The van der Waals surface area contributed by atoms with Crippen LogP contribution in [0.1, 0.15) is 19.3 Å². The van der Waals surface area contributed by atoms with E-state index in [1.165, 1.54) is 0 Å². The van der Waals surface area contributed by atoms with Crippen LogP contribution in [0.25, 0.3) is 0 Å². The molecule has 0 N–H and O–H groups in total. The molecule has 0 bridgehead atoms. The molecule has 1 aliphatic heterocycles. The van der Waals surface area contributed by atoms with Crippen molar-refractivity contribution in [2.24, 2.45) is 0 Å². The van der Waals surface area contributed by atoms with Gasteiger partial charge in [0.05, 0.1) is 6.61 Å². The highest BCUT2D eigenvalue weighted by atomic mass is 28.3. The molecular formula is C8H13FO3Si. The maximum atomic E-state index is 12.7. The fourth-order valence-corrected chi connectivity index (χ4v) is 2.07. The zero-order valence-electron chi connectivity index (χ0n) is 7.42. The van der Waals surface area contributed by atoms with E-state index in [2.05, 4.69) is 6.58 Å². The van der Waals surface area contributed by atoms with Crippen molar-refractivity contribution in [2.45, 2.75) is 24.7 Å². The fraction of sp³-hybridized carbons (Fsp3) is 0.625. The molecule has 1 unspecified atom stereocenters. The van der Waals surface area contributed by atoms with Gasteiger partial charge in [0.25, 0.3) is 9.85 Å². The fourth-order valence-electron chi connectivity index (χ4n) is 1.26. The van der Waals surface area contributed by atoms with Crippen LogP contribution >= 0.6 is 0 Å². The molecule has 74 valence electrons. The summed E-state index contributed by atoms with van der Waals surface area (Å²) in [6.45, 7) is 3.73. The first-order chi connectivity index (χ1) is 6.22. The van der Waals surface area contributed by atoms with Crippen LogP contribution in [0.2, 0.25) is 0 Å². The molecule has 5 heteroatoms. The van der Waals surface area contributed by atoms with Crippen molar-refractivity contribution in [3.05, 3.63) is 12.7 Å². The highest BCUT2D eigenvalue weighted by Crippen LogP contribution is 2.25. The van der Waals surface area contributed by atoms with Crippen molar-refractivity contribution in [3.63, 3.8) is 0 Å². The topological polar surface area (TPSA) is 35.5 Å². The van der Waals surface area contributed by atoms with Gasteiger partial charge < -0.3 is 13.6 Å². The molecule has 0 aliphatic carbocycles. The van der Waals surface area contributed by atoms with Gasteiger partial charge in [-0.3, -0.25) is 0 Å². The second kappa shape index (κ2) is 4.52. The van der Waals surface area contributed by atoms with E-state index >= 15 is 0 Å². The Morgan fingerprint density at radius 1 is 1.69 bits per heavy atom. The molecule has 13 heavy (non-hydrogen) atoms. The normalized spacial score (nSPS) is 29.0. The SMILES string of the molecule is C=CC(=O)OC1([SiH2]F)CCCCO1. The van der Waals surface area contributed by atoms with Gasteiger partial charge in [-0.1, -0.05) is 6.58 Å². The third-order valence-electron chi connectivity index (χ3n) is 1.97. The Hall–Kier alpha value is -0.683. The summed E-state index contributed by atoms with van der Waals surface area (Å²) in [7, 11) is -2.00. The number of carbonyl (C=O) groups excluding carboxylic acids is 1. The monoisotopic (exact) mass is 204 g/mol. The zero-order chi connectivity index (χ0) is 9.73. The molecule has 1 saturated heterocycles. The van der Waals surface area contributed by atoms with Gasteiger partial charge in [0, 0.05) is 12.5 Å². The van der Waals surface area contributed by atoms with Crippen LogP contribution in [0.15, 0.2) is 12.7 Å². The number of hydrogen-bond donors (Lipinski definition) is 0. The summed E-state index contributed by atoms with van der Waals surface area (Å²) in [6.07, 6.45) is 3.27. The number of halogens is 1. The second-order valence-electron chi connectivity index (χ2n) is 2.98. The summed E-state index contributed by atoms with van der Waals surface area (Å²) in [6, 6.07) is 0. The minimum absolute atomic E-state index is 0.474. The maximum absolute atomic E-state index is 12.7. The lowest BCUT2D eigenvalue weighted by Gasteiger charge is -2.33. The number of hydrogen-bond acceptors (Lipinski definition) is 3. The lowest BCUT2D eigenvalue weighted by molar-refractivity contribution is -0.204. The van der Waals surface area contributed by atoms with Crippen LogP contribution < -0.4 is 0 Å². The first-order valence-electron chi connectivity index (χ1n) is 4.28. The summed E-state index contributed by atoms with van der Waals surface area (Å²) in [5, 5.41) is 0. The standard InChI is InChI=1S/C8H13FO3Si/c1-2-7(10)12-8(13-9)5-3-4-6-11-8/h2H,1,3-6,13H2. The summed E-state index contributed by atoms with van der Waals surface area (Å²) in [4.78, 5) is 10.9. The van der Waals surface area contributed by atoms with Crippen LogP contribution in [0.3, 0.4) is 0 Å². The predicted molar refractivity (Wildman–Crippen MR) is 48.5 cm³/mol. The Bertz CT molecular complexity index is 202. The van der Waals surface area contributed by atoms with Crippen molar-refractivity contribution in [1.29, 1.82) is 0 Å². The molecule has 0 aromatic rings. The summed E-state index contributed by atoms with van der Waals surface area (Å²) >= 11 is 0. The van der Waals surface area contributed by atoms with Gasteiger partial charge in [0.15, 0.2) is 0 Å². The largest absolute Gasteiger partial charge is 0.431 e. The van der Waals surface area contributed by atoms with E-state index in [0.717, 1.165) is 18.9 Å². The average molecular weight is 204 g/mol. The highest BCUT2D eigenvalue weighted by Gasteiger charge is 2.37. The molecule has 0 amide bonds. The lowest BCUT2D eigenvalue weighted by Crippen LogP contribution is -2.44. The summed E-state index contributed by atoms with van der Waals surface area (Å²) < 4.78 is 22.8. The highest BCUT2D eigenvalue weighted by molar-refractivity contribution is 6.30. The smallest absolute Gasteiger partial charge is 0.332 e. The number of ether oxygens (including phenoxy) is 2. The van der Waals surface area contributed by atoms with Crippen molar-refractivity contribution < 1.29 is 18.4 Å². The Balaban J connectivity index is 2.56. The average Bonchev–Trinajstić information content (AvgIpc) is 2.19. The number of esters is 1. The lowest BCUT2D eigenvalue weighted by atomic mass is 10.2. The van der Waals surface area contributed by atoms with Gasteiger partial charge in [0.1, 0.15) is 0 Å². The van der Waals surface area contributed by atoms with Gasteiger partial charge in [-0.05, 0) is 12.8 Å². The van der Waals surface area contributed by atoms with Crippen molar-refractivity contribution in [3.8, 4) is 0 Å². The third kappa shape index (κ3) is 2.63. The molecule has 0 radical (unpaired) electrons. The quantitative estimate of drug-likeness (QED) is 0.293. The van der Waals surface area contributed by atoms with Crippen LogP contribution in [0.5, 0.6) is 0 Å². The second-order valence-corrected chi connectivity index (χ2v) is 4.32. The molecule has 1 fully saturated rings. The molecular weight excluding hydrogens is 191 g/mol. The molecule has 1 atom stereocenters. The maximum Gasteiger partial charge on any atom is 0.332 e. The van der Waals surface area contributed by atoms with E-state index < -0.39 is 21.2 Å². The minimum Gasteiger partial charge on any atom is -0.431 e. The molecule has 0 aromatic carbocycles. The first kappa shape index (κ1) is 10.4. The minimum atomic E-state index is -2.00. The van der Waals surface area contributed by atoms with Crippen molar-refractivity contribution in [1.82, 2.24) is 0 Å². The first-order valence-corrected chi connectivity index (χ1v) is 5.52. The van der Waals surface area contributed by atoms with E-state index in [-0.39, 0.29) is 0 Å². The summed E-state index contributed by atoms with van der Waals surface area (Å²) in [5.41, 5.74) is -1.20. The molecule has 1 rings (SSSR count). The Labute approximate surface area is 78.9 Å². The number of rotatable bonds is 3. The van der Waals surface area contributed by atoms with Crippen LogP contribution in [-0.4, -0.2) is 27.8 Å². The molecule has 0 saturated carbocycles. The van der Waals surface area contributed by atoms with E-state index in [4.69, 9.17) is 9.47 Å². The van der Waals surface area contributed by atoms with Gasteiger partial charge in [-0.25, -0.2) is 4.79 Å². The molecule has 0 aromatic heterocycles. The molecule has 1 heterocycles. The van der Waals surface area contributed by atoms with E-state index in [1.54, 1.807) is 0 Å². The van der Waals surface area contributed by atoms with Crippen molar-refractivity contribution >= 4 is 15.8 Å². The Morgan fingerprint density at radius 3 is 2.92 bits per heavy atom. The molecule has 3 nitrogen and oxygen atoms in total. The zero-order valence-corrected chi connectivity index (χ0v) is 8.84. The van der Waals surface area contributed by atoms with Gasteiger partial charge >= 0.3 is 5.97 Å². The molecule has 0 spiro atoms. The van der Waals surface area contributed by atoms with Gasteiger partial charge in [-0.2, -0.15) is 0 Å². The van der Waals surface area contributed by atoms with Crippen molar-refractivity contribution in [2.75, 3.05) is 6.61 Å².